The average molecular weight is 292 g/mol. The van der Waals surface area contributed by atoms with Crippen molar-refractivity contribution in [2.24, 2.45) is 0 Å². The highest BCUT2D eigenvalue weighted by molar-refractivity contribution is 7.18. The Morgan fingerprint density at radius 1 is 1.55 bits per heavy atom. The second kappa shape index (κ2) is 6.62. The largest absolute Gasteiger partial charge is 0.382 e. The van der Waals surface area contributed by atoms with Gasteiger partial charge in [0.2, 0.25) is 0 Å². The Kier molecular flexibility index (Phi) is 4.85. The Morgan fingerprint density at radius 2 is 2.25 bits per heavy atom. The van der Waals surface area contributed by atoms with Crippen molar-refractivity contribution < 1.29 is 4.79 Å². The van der Waals surface area contributed by atoms with Crippen LogP contribution in [0.2, 0.25) is 0 Å². The Labute approximate surface area is 123 Å². The van der Waals surface area contributed by atoms with Gasteiger partial charge in [0.25, 0.3) is 5.91 Å². The molecule has 0 unspecified atom stereocenters. The minimum absolute atomic E-state index is 0.106. The Morgan fingerprint density at radius 3 is 2.85 bits per heavy atom. The van der Waals surface area contributed by atoms with E-state index in [1.54, 1.807) is 4.90 Å². The van der Waals surface area contributed by atoms with E-state index >= 15 is 0 Å². The monoisotopic (exact) mass is 292 g/mol. The lowest BCUT2D eigenvalue weighted by molar-refractivity contribution is 0.0782. The van der Waals surface area contributed by atoms with E-state index in [9.17, 15) is 4.79 Å². The number of terminal acetylenes is 1. The van der Waals surface area contributed by atoms with Gasteiger partial charge < -0.3 is 15.5 Å². The van der Waals surface area contributed by atoms with E-state index in [0.29, 0.717) is 23.8 Å². The Bertz CT molecular complexity index is 514. The lowest BCUT2D eigenvalue weighted by Crippen LogP contribution is -2.32. The van der Waals surface area contributed by atoms with Crippen LogP contribution in [0.3, 0.4) is 0 Å². The number of carbonyl (C=O) groups excluding carboxylic acids is 1. The van der Waals surface area contributed by atoms with E-state index in [2.05, 4.69) is 15.8 Å². The molecule has 0 spiro atoms. The van der Waals surface area contributed by atoms with Gasteiger partial charge in [-0.3, -0.25) is 4.79 Å². The van der Waals surface area contributed by atoms with Crippen LogP contribution in [-0.4, -0.2) is 42.0 Å². The molecule has 1 saturated heterocycles. The highest BCUT2D eigenvalue weighted by atomic mass is 32.1. The molecule has 5 nitrogen and oxygen atoms in total. The first-order valence-electron chi connectivity index (χ1n) is 6.91. The third-order valence-electron chi connectivity index (χ3n) is 3.28. The summed E-state index contributed by atoms with van der Waals surface area (Å²) >= 11 is 1.37. The SMILES string of the molecule is C#CCN(CCC)C(=O)c1sc(N2CCCC2)nc1N. The van der Waals surface area contributed by atoms with Crippen LogP contribution in [0.25, 0.3) is 0 Å². The van der Waals surface area contributed by atoms with Gasteiger partial charge in [-0.2, -0.15) is 0 Å². The summed E-state index contributed by atoms with van der Waals surface area (Å²) in [4.78, 5) is 21.2. The molecule has 2 rings (SSSR count). The molecular weight excluding hydrogens is 272 g/mol. The normalized spacial score (nSPS) is 14.3. The highest BCUT2D eigenvalue weighted by Crippen LogP contribution is 2.31. The molecule has 2 N–H and O–H groups in total. The topological polar surface area (TPSA) is 62.5 Å². The number of nitrogen functional groups attached to an aromatic ring is 1. The molecule has 0 aliphatic carbocycles. The maximum absolute atomic E-state index is 12.5. The van der Waals surface area contributed by atoms with Crippen molar-refractivity contribution in [1.82, 2.24) is 9.88 Å². The molecule has 1 aromatic rings. The summed E-state index contributed by atoms with van der Waals surface area (Å²) in [6.07, 6.45) is 8.53. The van der Waals surface area contributed by atoms with Crippen molar-refractivity contribution in [2.75, 3.05) is 36.8 Å². The zero-order chi connectivity index (χ0) is 14.5. The second-order valence-electron chi connectivity index (χ2n) is 4.84. The molecule has 0 bridgehead atoms. The quantitative estimate of drug-likeness (QED) is 0.841. The second-order valence-corrected chi connectivity index (χ2v) is 5.81. The van der Waals surface area contributed by atoms with Crippen LogP contribution < -0.4 is 10.6 Å². The lowest BCUT2D eigenvalue weighted by atomic mass is 10.3. The molecule has 0 saturated carbocycles. The summed E-state index contributed by atoms with van der Waals surface area (Å²) in [5.74, 6) is 2.74. The first-order chi connectivity index (χ1) is 9.67. The molecule has 0 aromatic carbocycles. The van der Waals surface area contributed by atoms with Gasteiger partial charge in [0, 0.05) is 19.6 Å². The fraction of sp³-hybridized carbons (Fsp3) is 0.571. The van der Waals surface area contributed by atoms with Crippen molar-refractivity contribution in [2.45, 2.75) is 26.2 Å². The summed E-state index contributed by atoms with van der Waals surface area (Å²) in [7, 11) is 0. The third-order valence-corrected chi connectivity index (χ3v) is 4.40. The van der Waals surface area contributed by atoms with Gasteiger partial charge in [0.15, 0.2) is 5.13 Å². The van der Waals surface area contributed by atoms with E-state index in [4.69, 9.17) is 12.2 Å². The molecule has 0 atom stereocenters. The molecule has 1 fully saturated rings. The fourth-order valence-corrected chi connectivity index (χ4v) is 3.30. The number of hydrogen-bond donors (Lipinski definition) is 1. The molecule has 1 aromatic heterocycles. The van der Waals surface area contributed by atoms with Crippen molar-refractivity contribution in [3.05, 3.63) is 4.88 Å². The van der Waals surface area contributed by atoms with Gasteiger partial charge in [-0.05, 0) is 19.3 Å². The summed E-state index contributed by atoms with van der Waals surface area (Å²) in [6.45, 7) is 4.94. The molecule has 1 aliphatic heterocycles. The van der Waals surface area contributed by atoms with Gasteiger partial charge in [0.1, 0.15) is 10.7 Å². The minimum Gasteiger partial charge on any atom is -0.382 e. The number of aromatic nitrogens is 1. The first kappa shape index (κ1) is 14.7. The van der Waals surface area contributed by atoms with Crippen LogP contribution in [0.1, 0.15) is 35.9 Å². The molecule has 20 heavy (non-hydrogen) atoms. The predicted molar refractivity (Wildman–Crippen MR) is 83.0 cm³/mol. The number of rotatable bonds is 5. The van der Waals surface area contributed by atoms with Gasteiger partial charge in [-0.25, -0.2) is 4.98 Å². The number of carbonyl (C=O) groups is 1. The number of thiazole rings is 1. The molecular formula is C14H20N4OS. The van der Waals surface area contributed by atoms with Crippen LogP contribution in [0.4, 0.5) is 10.9 Å². The molecule has 0 radical (unpaired) electrons. The number of amides is 1. The van der Waals surface area contributed by atoms with Crippen molar-refractivity contribution in [1.29, 1.82) is 0 Å². The van der Waals surface area contributed by atoms with E-state index in [1.165, 1.54) is 24.2 Å². The van der Waals surface area contributed by atoms with Gasteiger partial charge >= 0.3 is 0 Å². The molecule has 2 heterocycles. The highest BCUT2D eigenvalue weighted by Gasteiger charge is 2.24. The van der Waals surface area contributed by atoms with E-state index < -0.39 is 0 Å². The van der Waals surface area contributed by atoms with E-state index in [1.807, 2.05) is 6.92 Å². The number of nitrogens with zero attached hydrogens (tertiary/aromatic N) is 3. The van der Waals surface area contributed by atoms with Crippen LogP contribution in [0, 0.1) is 12.3 Å². The predicted octanol–water partition coefficient (Wildman–Crippen LogP) is 1.81. The number of hydrogen-bond acceptors (Lipinski definition) is 5. The maximum Gasteiger partial charge on any atom is 0.268 e. The summed E-state index contributed by atoms with van der Waals surface area (Å²) < 4.78 is 0. The maximum atomic E-state index is 12.5. The third kappa shape index (κ3) is 3.05. The summed E-state index contributed by atoms with van der Waals surface area (Å²) in [6, 6.07) is 0. The first-order valence-corrected chi connectivity index (χ1v) is 7.73. The van der Waals surface area contributed by atoms with Crippen LogP contribution in [-0.2, 0) is 0 Å². The minimum atomic E-state index is -0.106. The summed E-state index contributed by atoms with van der Waals surface area (Å²) in [5.41, 5.74) is 5.91. The molecule has 1 amide bonds. The Hall–Kier alpha value is -1.74. The van der Waals surface area contributed by atoms with Crippen LogP contribution in [0.5, 0.6) is 0 Å². The van der Waals surface area contributed by atoms with Gasteiger partial charge in [-0.15, -0.1) is 6.42 Å². The van der Waals surface area contributed by atoms with Crippen molar-refractivity contribution >= 4 is 28.2 Å². The summed E-state index contributed by atoms with van der Waals surface area (Å²) in [5, 5.41) is 0.848. The average Bonchev–Trinajstić information content (AvgIpc) is 3.06. The van der Waals surface area contributed by atoms with Gasteiger partial charge in [-0.1, -0.05) is 24.2 Å². The zero-order valence-corrected chi connectivity index (χ0v) is 12.6. The molecule has 1 aliphatic rings. The van der Waals surface area contributed by atoms with E-state index in [-0.39, 0.29) is 5.91 Å². The van der Waals surface area contributed by atoms with Crippen LogP contribution >= 0.6 is 11.3 Å². The van der Waals surface area contributed by atoms with E-state index in [0.717, 1.165) is 24.6 Å². The fourth-order valence-electron chi connectivity index (χ4n) is 2.29. The number of anilines is 2. The number of nitrogens with two attached hydrogens (primary N) is 1. The zero-order valence-electron chi connectivity index (χ0n) is 11.8. The van der Waals surface area contributed by atoms with Gasteiger partial charge in [0.05, 0.1) is 6.54 Å². The van der Waals surface area contributed by atoms with Crippen LogP contribution in [0.15, 0.2) is 0 Å². The standard InChI is InChI=1S/C14H20N4OS/c1-3-7-17(8-4-2)13(19)11-12(15)16-14(20-11)18-9-5-6-10-18/h1H,4-10,15H2,2H3. The van der Waals surface area contributed by atoms with Crippen molar-refractivity contribution in [3.8, 4) is 12.3 Å². The lowest BCUT2D eigenvalue weighted by Gasteiger charge is -2.18. The molecule has 6 heteroatoms. The smallest absolute Gasteiger partial charge is 0.268 e. The van der Waals surface area contributed by atoms with Crippen molar-refractivity contribution in [3.63, 3.8) is 0 Å². The molecule has 108 valence electrons. The Balaban J connectivity index is 2.18.